The predicted molar refractivity (Wildman–Crippen MR) is 71.1 cm³/mol. The monoisotopic (exact) mass is 322 g/mol. The lowest BCUT2D eigenvalue weighted by Crippen LogP contribution is -2.46. The molecule has 0 spiro atoms. The molecule has 1 saturated heterocycles. The van der Waals surface area contributed by atoms with Crippen LogP contribution in [0.2, 0.25) is 5.02 Å². The van der Waals surface area contributed by atoms with Crippen molar-refractivity contribution in [3.63, 3.8) is 0 Å². The van der Waals surface area contributed by atoms with Crippen LogP contribution >= 0.6 is 11.6 Å². The molecule has 116 valence electrons. The van der Waals surface area contributed by atoms with Gasteiger partial charge in [-0.3, -0.25) is 0 Å². The fourth-order valence-electron chi connectivity index (χ4n) is 1.98. The minimum absolute atomic E-state index is 0.0435. The number of rotatable bonds is 2. The molecule has 0 bridgehead atoms. The van der Waals surface area contributed by atoms with Gasteiger partial charge in [-0.05, 0) is 23.8 Å². The molecule has 0 radical (unpaired) electrons. The van der Waals surface area contributed by atoms with Crippen molar-refractivity contribution in [3.8, 4) is 0 Å². The number of piperazine rings is 1. The van der Waals surface area contributed by atoms with E-state index in [9.17, 15) is 18.0 Å². The van der Waals surface area contributed by atoms with Gasteiger partial charge >= 0.3 is 12.3 Å². The summed E-state index contributed by atoms with van der Waals surface area (Å²) >= 11 is 5.66. The van der Waals surface area contributed by atoms with Crippen LogP contribution in [0.4, 0.5) is 18.0 Å². The van der Waals surface area contributed by atoms with Crippen LogP contribution in [0.25, 0.3) is 0 Å². The van der Waals surface area contributed by atoms with E-state index in [4.69, 9.17) is 16.3 Å². The van der Waals surface area contributed by atoms with E-state index in [1.54, 1.807) is 0 Å². The lowest BCUT2D eigenvalue weighted by Gasteiger charge is -2.26. The van der Waals surface area contributed by atoms with Crippen LogP contribution in [0.5, 0.6) is 0 Å². The summed E-state index contributed by atoms with van der Waals surface area (Å²) in [6.07, 6.45) is -5.02. The van der Waals surface area contributed by atoms with E-state index in [1.165, 1.54) is 11.0 Å². The quantitative estimate of drug-likeness (QED) is 0.910. The fourth-order valence-corrected chi connectivity index (χ4v) is 2.24. The van der Waals surface area contributed by atoms with Gasteiger partial charge in [0.05, 0.1) is 5.56 Å². The molecule has 1 N–H and O–H groups in total. The van der Waals surface area contributed by atoms with Crippen molar-refractivity contribution in [1.82, 2.24) is 10.2 Å². The minimum Gasteiger partial charge on any atom is -0.445 e. The zero-order valence-electron chi connectivity index (χ0n) is 11.0. The van der Waals surface area contributed by atoms with Gasteiger partial charge in [-0.1, -0.05) is 11.6 Å². The second kappa shape index (κ2) is 6.53. The summed E-state index contributed by atoms with van der Waals surface area (Å²) in [7, 11) is 0. The largest absolute Gasteiger partial charge is 0.445 e. The zero-order valence-corrected chi connectivity index (χ0v) is 11.8. The summed E-state index contributed by atoms with van der Waals surface area (Å²) < 4.78 is 43.0. The van der Waals surface area contributed by atoms with Gasteiger partial charge in [0.25, 0.3) is 0 Å². The van der Waals surface area contributed by atoms with Crippen molar-refractivity contribution >= 4 is 17.7 Å². The number of hydrogen-bond acceptors (Lipinski definition) is 3. The number of amides is 1. The van der Waals surface area contributed by atoms with Crippen LogP contribution in [0.1, 0.15) is 11.1 Å². The summed E-state index contributed by atoms with van der Waals surface area (Å²) in [6, 6.07) is 3.11. The molecule has 8 heteroatoms. The molecule has 0 unspecified atom stereocenters. The molecule has 1 aromatic carbocycles. The molecule has 1 heterocycles. The van der Waals surface area contributed by atoms with E-state index in [-0.39, 0.29) is 17.2 Å². The maximum atomic E-state index is 12.7. The summed E-state index contributed by atoms with van der Waals surface area (Å²) in [5.41, 5.74) is -0.651. The lowest BCUT2D eigenvalue weighted by molar-refractivity contribution is -0.137. The normalized spacial score (nSPS) is 15.9. The number of ether oxygens (including phenoxy) is 1. The van der Waals surface area contributed by atoms with Crippen LogP contribution in [-0.2, 0) is 17.5 Å². The topological polar surface area (TPSA) is 41.6 Å². The fraction of sp³-hybridized carbons (Fsp3) is 0.462. The van der Waals surface area contributed by atoms with Gasteiger partial charge in [-0.15, -0.1) is 0 Å². The van der Waals surface area contributed by atoms with Crippen LogP contribution in [-0.4, -0.2) is 37.2 Å². The van der Waals surface area contributed by atoms with Crippen molar-refractivity contribution in [2.24, 2.45) is 0 Å². The SMILES string of the molecule is O=C(OCc1cc(Cl)cc(C(F)(F)F)c1)N1CCNCC1. The molecule has 0 atom stereocenters. The second-order valence-electron chi connectivity index (χ2n) is 4.64. The summed E-state index contributed by atoms with van der Waals surface area (Å²) in [4.78, 5) is 13.3. The molecule has 0 aromatic heterocycles. The molecule has 21 heavy (non-hydrogen) atoms. The van der Waals surface area contributed by atoms with Crippen molar-refractivity contribution < 1.29 is 22.7 Å². The van der Waals surface area contributed by atoms with Gasteiger partial charge in [0, 0.05) is 31.2 Å². The maximum absolute atomic E-state index is 12.7. The van der Waals surface area contributed by atoms with Gasteiger partial charge < -0.3 is 15.0 Å². The highest BCUT2D eigenvalue weighted by molar-refractivity contribution is 6.30. The first-order chi connectivity index (χ1) is 9.86. The average molecular weight is 323 g/mol. The van der Waals surface area contributed by atoms with Crippen molar-refractivity contribution in [2.75, 3.05) is 26.2 Å². The van der Waals surface area contributed by atoms with Crippen LogP contribution < -0.4 is 5.32 Å². The van der Waals surface area contributed by atoms with Gasteiger partial charge in [-0.25, -0.2) is 4.79 Å². The van der Waals surface area contributed by atoms with E-state index < -0.39 is 17.8 Å². The number of carbonyl (C=O) groups is 1. The number of alkyl halides is 3. The Kier molecular flexibility index (Phi) is 4.95. The van der Waals surface area contributed by atoms with E-state index in [2.05, 4.69) is 5.32 Å². The van der Waals surface area contributed by atoms with Crippen molar-refractivity contribution in [1.29, 1.82) is 0 Å². The Bertz CT molecular complexity index is 517. The minimum atomic E-state index is -4.48. The molecule has 1 amide bonds. The molecule has 1 aliphatic heterocycles. The van der Waals surface area contributed by atoms with Crippen molar-refractivity contribution in [3.05, 3.63) is 34.3 Å². The smallest absolute Gasteiger partial charge is 0.416 e. The third kappa shape index (κ3) is 4.50. The molecule has 2 rings (SSSR count). The first-order valence-corrected chi connectivity index (χ1v) is 6.73. The highest BCUT2D eigenvalue weighted by Gasteiger charge is 2.31. The molecule has 0 saturated carbocycles. The highest BCUT2D eigenvalue weighted by atomic mass is 35.5. The Labute approximate surface area is 124 Å². The highest BCUT2D eigenvalue weighted by Crippen LogP contribution is 2.32. The molecule has 0 aliphatic carbocycles. The van der Waals surface area contributed by atoms with Crippen molar-refractivity contribution in [2.45, 2.75) is 12.8 Å². The Morgan fingerprint density at radius 3 is 2.57 bits per heavy atom. The van der Waals surface area contributed by atoms with E-state index in [1.807, 2.05) is 0 Å². The molecule has 1 fully saturated rings. The average Bonchev–Trinajstić information content (AvgIpc) is 2.44. The van der Waals surface area contributed by atoms with Crippen LogP contribution in [0.15, 0.2) is 18.2 Å². The lowest BCUT2D eigenvalue weighted by atomic mass is 10.1. The Hall–Kier alpha value is -1.47. The summed E-state index contributed by atoms with van der Waals surface area (Å²) in [6.45, 7) is 2.13. The third-order valence-corrected chi connectivity index (χ3v) is 3.24. The van der Waals surface area contributed by atoms with Gasteiger partial charge in [0.1, 0.15) is 6.61 Å². The number of hydrogen-bond donors (Lipinski definition) is 1. The second-order valence-corrected chi connectivity index (χ2v) is 5.07. The first-order valence-electron chi connectivity index (χ1n) is 6.35. The number of nitrogens with zero attached hydrogens (tertiary/aromatic N) is 1. The van der Waals surface area contributed by atoms with E-state index in [0.717, 1.165) is 12.1 Å². The van der Waals surface area contributed by atoms with Crippen LogP contribution in [0, 0.1) is 0 Å². The predicted octanol–water partition coefficient (Wildman–Crippen LogP) is 2.90. The standard InChI is InChI=1S/C13H14ClF3N2O2/c14-11-6-9(5-10(7-11)13(15,16)17)8-21-12(20)19-3-1-18-2-4-19/h5-7,18H,1-4,8H2. The number of halogens is 4. The first kappa shape index (κ1) is 15.9. The Morgan fingerprint density at radius 2 is 1.95 bits per heavy atom. The number of nitrogens with one attached hydrogen (secondary N) is 1. The molecule has 1 aromatic rings. The van der Waals surface area contributed by atoms with Crippen LogP contribution in [0.3, 0.4) is 0 Å². The van der Waals surface area contributed by atoms with E-state index in [0.29, 0.717) is 26.2 Å². The molecule has 1 aliphatic rings. The van der Waals surface area contributed by atoms with Gasteiger partial charge in [0.2, 0.25) is 0 Å². The van der Waals surface area contributed by atoms with Gasteiger partial charge in [-0.2, -0.15) is 13.2 Å². The zero-order chi connectivity index (χ0) is 15.5. The molecular formula is C13H14ClF3N2O2. The summed E-state index contributed by atoms with van der Waals surface area (Å²) in [5, 5.41) is 3.04. The number of carbonyl (C=O) groups excluding carboxylic acids is 1. The Morgan fingerprint density at radius 1 is 1.29 bits per heavy atom. The number of benzene rings is 1. The maximum Gasteiger partial charge on any atom is 0.416 e. The van der Waals surface area contributed by atoms with E-state index >= 15 is 0 Å². The van der Waals surface area contributed by atoms with Gasteiger partial charge in [0.15, 0.2) is 0 Å². The summed E-state index contributed by atoms with van der Waals surface area (Å²) in [5.74, 6) is 0. The molecule has 4 nitrogen and oxygen atoms in total. The third-order valence-electron chi connectivity index (χ3n) is 3.02. The molecular weight excluding hydrogens is 309 g/mol. The Balaban J connectivity index is 1.99.